The molecule has 1 heterocycles. The quantitative estimate of drug-likeness (QED) is 0.683. The van der Waals surface area contributed by atoms with Gasteiger partial charge in [0.15, 0.2) is 4.77 Å². The molecule has 0 aliphatic rings. The Morgan fingerprint density at radius 3 is 2.75 bits per heavy atom. The molecule has 0 bridgehead atoms. The molecule has 1 N–H and O–H groups in total. The van der Waals surface area contributed by atoms with Crippen molar-refractivity contribution in [2.24, 2.45) is 0 Å². The molecule has 3 aromatic rings. The Morgan fingerprint density at radius 1 is 1.25 bits per heavy atom. The number of methoxy groups -OCH3 is 1. The van der Waals surface area contributed by atoms with Gasteiger partial charge in [-0.15, -0.1) is 0 Å². The summed E-state index contributed by atoms with van der Waals surface area (Å²) in [6.07, 6.45) is 0. The fourth-order valence-electron chi connectivity index (χ4n) is 2.13. The topological polar surface area (TPSA) is 29.9 Å². The highest BCUT2D eigenvalue weighted by molar-refractivity contribution is 9.10. The fraction of sp³-hybridized carbons (Fsp3) is 0.0714. The van der Waals surface area contributed by atoms with Crippen molar-refractivity contribution in [2.45, 2.75) is 0 Å². The molecule has 0 saturated carbocycles. The first-order valence-electron chi connectivity index (χ1n) is 5.84. The van der Waals surface area contributed by atoms with Crippen molar-refractivity contribution >= 4 is 39.2 Å². The van der Waals surface area contributed by atoms with Gasteiger partial charge in [0.25, 0.3) is 0 Å². The van der Waals surface area contributed by atoms with Gasteiger partial charge in [0.05, 0.1) is 22.6 Å². The van der Waals surface area contributed by atoms with Crippen LogP contribution in [0.15, 0.2) is 40.9 Å². The van der Waals surface area contributed by atoms with Gasteiger partial charge in [-0.1, -0.05) is 0 Å². The number of halogens is 2. The minimum atomic E-state index is -0.295. The molecule has 0 fully saturated rings. The second-order valence-electron chi connectivity index (χ2n) is 4.25. The molecule has 0 amide bonds. The van der Waals surface area contributed by atoms with Crippen molar-refractivity contribution in [1.29, 1.82) is 0 Å². The molecule has 0 atom stereocenters. The normalized spacial score (nSPS) is 10.9. The van der Waals surface area contributed by atoms with Crippen molar-refractivity contribution in [3.8, 4) is 11.4 Å². The molecular weight excluding hydrogens is 343 g/mol. The third-order valence-corrected chi connectivity index (χ3v) is 3.94. The molecule has 0 saturated heterocycles. The summed E-state index contributed by atoms with van der Waals surface area (Å²) in [6, 6.07) is 10.2. The molecule has 20 heavy (non-hydrogen) atoms. The second-order valence-corrected chi connectivity index (χ2v) is 5.49. The van der Waals surface area contributed by atoms with Crippen molar-refractivity contribution in [3.05, 3.63) is 51.5 Å². The van der Waals surface area contributed by atoms with Crippen LogP contribution in [0.25, 0.3) is 16.7 Å². The number of benzene rings is 2. The zero-order valence-corrected chi connectivity index (χ0v) is 12.9. The van der Waals surface area contributed by atoms with E-state index in [1.54, 1.807) is 13.2 Å². The first-order valence-corrected chi connectivity index (χ1v) is 7.04. The number of fused-ring (bicyclic) bond motifs is 1. The van der Waals surface area contributed by atoms with Crippen LogP contribution >= 0.6 is 28.1 Å². The summed E-state index contributed by atoms with van der Waals surface area (Å²) in [4.78, 5) is 3.01. The highest BCUT2D eigenvalue weighted by Crippen LogP contribution is 2.29. The molecule has 3 rings (SSSR count). The summed E-state index contributed by atoms with van der Waals surface area (Å²) < 4.78 is 21.7. The van der Waals surface area contributed by atoms with Crippen LogP contribution in [0, 0.1) is 10.6 Å². The summed E-state index contributed by atoms with van der Waals surface area (Å²) >= 11 is 8.77. The molecule has 0 aliphatic heterocycles. The number of H-pyrrole nitrogens is 1. The van der Waals surface area contributed by atoms with Gasteiger partial charge in [-0.05, 0) is 64.5 Å². The smallest absolute Gasteiger partial charge is 0.182 e. The van der Waals surface area contributed by atoms with Gasteiger partial charge in [-0.25, -0.2) is 4.39 Å². The van der Waals surface area contributed by atoms with Gasteiger partial charge in [-0.3, -0.25) is 4.57 Å². The van der Waals surface area contributed by atoms with Gasteiger partial charge < -0.3 is 9.72 Å². The first-order chi connectivity index (χ1) is 9.60. The van der Waals surface area contributed by atoms with E-state index < -0.39 is 0 Å². The lowest BCUT2D eigenvalue weighted by molar-refractivity contribution is 0.412. The predicted molar refractivity (Wildman–Crippen MR) is 82.7 cm³/mol. The summed E-state index contributed by atoms with van der Waals surface area (Å²) in [5, 5.41) is 0. The van der Waals surface area contributed by atoms with E-state index in [0.29, 0.717) is 10.3 Å². The lowest BCUT2D eigenvalue weighted by Gasteiger charge is -2.08. The summed E-state index contributed by atoms with van der Waals surface area (Å²) in [5.41, 5.74) is 2.37. The Kier molecular flexibility index (Phi) is 3.35. The van der Waals surface area contributed by atoms with E-state index in [1.165, 1.54) is 12.1 Å². The molecule has 0 radical (unpaired) electrons. The van der Waals surface area contributed by atoms with E-state index in [9.17, 15) is 4.39 Å². The average molecular weight is 353 g/mol. The van der Waals surface area contributed by atoms with Crippen molar-refractivity contribution < 1.29 is 9.13 Å². The number of aromatic nitrogens is 2. The van der Waals surface area contributed by atoms with E-state index in [4.69, 9.17) is 17.0 Å². The molecule has 2 aromatic carbocycles. The number of imidazole rings is 1. The maximum atomic E-state index is 13.3. The molecular formula is C14H10BrFN2OS. The molecule has 0 spiro atoms. The standard InChI is InChI=1S/C14H10BrFN2OS/c1-19-13-5-3-9(7-10(13)15)18-12-4-2-8(16)6-11(12)17-14(18)20/h2-7H,1H3,(H,17,20). The minimum absolute atomic E-state index is 0.295. The van der Waals surface area contributed by atoms with Crippen LogP contribution in [-0.4, -0.2) is 16.7 Å². The van der Waals surface area contributed by atoms with Gasteiger partial charge in [0, 0.05) is 5.69 Å². The monoisotopic (exact) mass is 352 g/mol. The fourth-order valence-corrected chi connectivity index (χ4v) is 2.98. The molecule has 6 heteroatoms. The predicted octanol–water partition coefficient (Wildman–Crippen LogP) is 4.60. The molecule has 1 aromatic heterocycles. The molecule has 102 valence electrons. The van der Waals surface area contributed by atoms with Gasteiger partial charge in [0.2, 0.25) is 0 Å². The van der Waals surface area contributed by atoms with Crippen LogP contribution in [0.4, 0.5) is 4.39 Å². The molecule has 3 nitrogen and oxygen atoms in total. The Balaban J connectivity index is 2.26. The number of ether oxygens (including phenoxy) is 1. The van der Waals surface area contributed by atoms with E-state index in [-0.39, 0.29) is 5.82 Å². The first kappa shape index (κ1) is 13.3. The van der Waals surface area contributed by atoms with E-state index in [1.807, 2.05) is 22.8 Å². The Labute approximate surface area is 128 Å². The number of hydrogen-bond acceptors (Lipinski definition) is 2. The summed E-state index contributed by atoms with van der Waals surface area (Å²) in [7, 11) is 1.61. The average Bonchev–Trinajstić information content (AvgIpc) is 2.73. The van der Waals surface area contributed by atoms with Crippen LogP contribution in [-0.2, 0) is 0 Å². The lowest BCUT2D eigenvalue weighted by Crippen LogP contribution is -1.95. The summed E-state index contributed by atoms with van der Waals surface area (Å²) in [5.74, 6) is 0.447. The van der Waals surface area contributed by atoms with Gasteiger partial charge in [-0.2, -0.15) is 0 Å². The number of aromatic amines is 1. The van der Waals surface area contributed by atoms with E-state index in [0.717, 1.165) is 21.4 Å². The van der Waals surface area contributed by atoms with Crippen LogP contribution < -0.4 is 4.74 Å². The third kappa shape index (κ3) is 2.14. The minimum Gasteiger partial charge on any atom is -0.496 e. The zero-order valence-electron chi connectivity index (χ0n) is 10.5. The van der Waals surface area contributed by atoms with Crippen LogP contribution in [0.1, 0.15) is 0 Å². The SMILES string of the molecule is COc1ccc(-n2c(=S)[nH]c3cc(F)ccc32)cc1Br. The van der Waals surface area contributed by atoms with Crippen molar-refractivity contribution in [3.63, 3.8) is 0 Å². The largest absolute Gasteiger partial charge is 0.496 e. The van der Waals surface area contributed by atoms with Crippen molar-refractivity contribution in [2.75, 3.05) is 7.11 Å². The number of nitrogens with one attached hydrogen (secondary N) is 1. The maximum Gasteiger partial charge on any atom is 0.182 e. The number of nitrogens with zero attached hydrogens (tertiary/aromatic N) is 1. The Bertz CT molecular complexity index is 856. The lowest BCUT2D eigenvalue weighted by atomic mass is 10.2. The van der Waals surface area contributed by atoms with E-state index in [2.05, 4.69) is 20.9 Å². The third-order valence-electron chi connectivity index (χ3n) is 3.04. The van der Waals surface area contributed by atoms with Crippen LogP contribution in [0.2, 0.25) is 0 Å². The molecule has 0 aliphatic carbocycles. The zero-order chi connectivity index (χ0) is 14.3. The second kappa shape index (κ2) is 5.03. The Hall–Kier alpha value is -1.66. The van der Waals surface area contributed by atoms with Gasteiger partial charge in [0.1, 0.15) is 11.6 Å². The van der Waals surface area contributed by atoms with Crippen LogP contribution in [0.3, 0.4) is 0 Å². The van der Waals surface area contributed by atoms with Gasteiger partial charge >= 0.3 is 0 Å². The van der Waals surface area contributed by atoms with E-state index >= 15 is 0 Å². The highest BCUT2D eigenvalue weighted by Gasteiger charge is 2.09. The Morgan fingerprint density at radius 2 is 2.05 bits per heavy atom. The van der Waals surface area contributed by atoms with Crippen molar-refractivity contribution in [1.82, 2.24) is 9.55 Å². The molecule has 0 unspecified atom stereocenters. The van der Waals surface area contributed by atoms with Crippen LogP contribution in [0.5, 0.6) is 5.75 Å². The number of rotatable bonds is 2. The number of hydrogen-bond donors (Lipinski definition) is 1. The highest BCUT2D eigenvalue weighted by atomic mass is 79.9. The maximum absolute atomic E-state index is 13.3. The summed E-state index contributed by atoms with van der Waals surface area (Å²) in [6.45, 7) is 0.